The number of nitrogens with one attached hydrogen (secondary N) is 1. The molecular formula is C18H14BrN3O5. The highest BCUT2D eigenvalue weighted by atomic mass is 79.9. The number of halogens is 1. The van der Waals surface area contributed by atoms with Crippen molar-refractivity contribution in [2.24, 2.45) is 0 Å². The third-order valence-electron chi connectivity index (χ3n) is 3.69. The van der Waals surface area contributed by atoms with E-state index in [4.69, 9.17) is 18.7 Å². The first-order valence-electron chi connectivity index (χ1n) is 8.02. The summed E-state index contributed by atoms with van der Waals surface area (Å²) in [6.07, 6.45) is 1.60. The second kappa shape index (κ2) is 7.77. The van der Waals surface area contributed by atoms with E-state index in [2.05, 4.69) is 31.4 Å². The van der Waals surface area contributed by atoms with E-state index in [9.17, 15) is 4.79 Å². The van der Waals surface area contributed by atoms with E-state index in [1.165, 1.54) is 0 Å². The minimum atomic E-state index is -0.302. The van der Waals surface area contributed by atoms with Gasteiger partial charge >= 0.3 is 0 Å². The zero-order valence-electron chi connectivity index (χ0n) is 14.0. The van der Waals surface area contributed by atoms with Crippen LogP contribution in [0.15, 0.2) is 51.6 Å². The van der Waals surface area contributed by atoms with E-state index in [-0.39, 0.29) is 25.9 Å². The van der Waals surface area contributed by atoms with Crippen molar-refractivity contribution in [2.75, 3.05) is 18.7 Å². The monoisotopic (exact) mass is 431 g/mol. The molecule has 0 atom stereocenters. The SMILES string of the molecule is O=C(COCc1cc(-c2ccc3c(c2)OCO3)on1)Nc1ccc(Br)cn1. The number of carbonyl (C=O) groups excluding carboxylic acids is 1. The van der Waals surface area contributed by atoms with Crippen molar-refractivity contribution < 1.29 is 23.5 Å². The lowest BCUT2D eigenvalue weighted by molar-refractivity contribution is -0.121. The van der Waals surface area contributed by atoms with Crippen LogP contribution in [0.25, 0.3) is 11.3 Å². The zero-order valence-corrected chi connectivity index (χ0v) is 15.6. The van der Waals surface area contributed by atoms with Crippen molar-refractivity contribution in [3.8, 4) is 22.8 Å². The molecular weight excluding hydrogens is 418 g/mol. The first-order valence-corrected chi connectivity index (χ1v) is 8.81. The number of nitrogens with zero attached hydrogens (tertiary/aromatic N) is 2. The lowest BCUT2D eigenvalue weighted by Crippen LogP contribution is -2.18. The number of benzene rings is 1. The maximum absolute atomic E-state index is 11.9. The van der Waals surface area contributed by atoms with Gasteiger partial charge in [-0.3, -0.25) is 4.79 Å². The highest BCUT2D eigenvalue weighted by molar-refractivity contribution is 9.10. The van der Waals surface area contributed by atoms with Crippen molar-refractivity contribution in [1.29, 1.82) is 0 Å². The standard InChI is InChI=1S/C18H14BrN3O5/c19-12-2-4-17(20-7-12)21-18(23)9-24-8-13-6-15(27-22-13)11-1-3-14-16(5-11)26-10-25-14/h1-7H,8-10H2,(H,20,21,23). The molecule has 2 aromatic heterocycles. The van der Waals surface area contributed by atoms with Crippen LogP contribution in [-0.2, 0) is 16.1 Å². The van der Waals surface area contributed by atoms with Crippen LogP contribution in [0.1, 0.15) is 5.69 Å². The van der Waals surface area contributed by atoms with Crippen LogP contribution in [0, 0.1) is 0 Å². The van der Waals surface area contributed by atoms with Crippen LogP contribution < -0.4 is 14.8 Å². The summed E-state index contributed by atoms with van der Waals surface area (Å²) in [6, 6.07) is 10.7. The summed E-state index contributed by atoms with van der Waals surface area (Å²) in [5, 5.41) is 6.60. The third-order valence-corrected chi connectivity index (χ3v) is 4.16. The molecule has 0 unspecified atom stereocenters. The number of hydrogen-bond donors (Lipinski definition) is 1. The molecule has 0 spiro atoms. The Hall–Kier alpha value is -2.91. The maximum atomic E-state index is 11.9. The fraction of sp³-hybridized carbons (Fsp3) is 0.167. The van der Waals surface area contributed by atoms with Crippen molar-refractivity contribution in [1.82, 2.24) is 10.1 Å². The van der Waals surface area contributed by atoms with Crippen molar-refractivity contribution >= 4 is 27.7 Å². The van der Waals surface area contributed by atoms with Gasteiger partial charge in [0.1, 0.15) is 18.1 Å². The molecule has 27 heavy (non-hydrogen) atoms. The Kier molecular flexibility index (Phi) is 5.03. The molecule has 0 radical (unpaired) electrons. The molecule has 3 heterocycles. The predicted octanol–water partition coefficient (Wildman–Crippen LogP) is 3.38. The molecule has 0 aliphatic carbocycles. The van der Waals surface area contributed by atoms with Gasteiger partial charge in [-0.1, -0.05) is 5.16 Å². The number of hydrogen-bond acceptors (Lipinski definition) is 7. The van der Waals surface area contributed by atoms with Crippen LogP contribution in [0.2, 0.25) is 0 Å². The topological polar surface area (TPSA) is 95.7 Å². The number of amides is 1. The number of fused-ring (bicyclic) bond motifs is 1. The molecule has 1 aliphatic heterocycles. The van der Waals surface area contributed by atoms with Gasteiger partial charge in [-0.05, 0) is 46.3 Å². The predicted molar refractivity (Wildman–Crippen MR) is 98.3 cm³/mol. The fourth-order valence-corrected chi connectivity index (χ4v) is 2.68. The van der Waals surface area contributed by atoms with Gasteiger partial charge in [0.05, 0.1) is 6.61 Å². The second-order valence-corrected chi connectivity index (χ2v) is 6.57. The molecule has 1 N–H and O–H groups in total. The van der Waals surface area contributed by atoms with Gasteiger partial charge in [0, 0.05) is 22.3 Å². The van der Waals surface area contributed by atoms with E-state index in [0.717, 1.165) is 10.0 Å². The second-order valence-electron chi connectivity index (χ2n) is 5.65. The lowest BCUT2D eigenvalue weighted by Gasteiger charge is -2.04. The van der Waals surface area contributed by atoms with Crippen molar-refractivity contribution in [3.63, 3.8) is 0 Å². The van der Waals surface area contributed by atoms with Gasteiger partial charge in [0.25, 0.3) is 5.91 Å². The summed E-state index contributed by atoms with van der Waals surface area (Å²) in [6.45, 7) is 0.241. The number of pyridine rings is 1. The van der Waals surface area contributed by atoms with Crippen LogP contribution >= 0.6 is 15.9 Å². The smallest absolute Gasteiger partial charge is 0.251 e. The molecule has 8 nitrogen and oxygen atoms in total. The summed E-state index contributed by atoms with van der Waals surface area (Å²) < 4.78 is 22.2. The van der Waals surface area contributed by atoms with Crippen molar-refractivity contribution in [3.05, 3.63) is 52.8 Å². The van der Waals surface area contributed by atoms with E-state index in [0.29, 0.717) is 28.8 Å². The Morgan fingerprint density at radius 1 is 1.19 bits per heavy atom. The minimum Gasteiger partial charge on any atom is -0.454 e. The molecule has 3 aromatic rings. The fourth-order valence-electron chi connectivity index (χ4n) is 2.44. The summed E-state index contributed by atoms with van der Waals surface area (Å²) in [4.78, 5) is 15.9. The molecule has 4 rings (SSSR count). The Morgan fingerprint density at radius 2 is 2.07 bits per heavy atom. The van der Waals surface area contributed by atoms with Gasteiger partial charge in [-0.25, -0.2) is 4.98 Å². The largest absolute Gasteiger partial charge is 0.454 e. The van der Waals surface area contributed by atoms with E-state index < -0.39 is 0 Å². The number of rotatable bonds is 6. The Morgan fingerprint density at radius 3 is 2.93 bits per heavy atom. The van der Waals surface area contributed by atoms with Gasteiger partial charge in [0.15, 0.2) is 17.3 Å². The summed E-state index contributed by atoms with van der Waals surface area (Å²) in [5.74, 6) is 2.10. The molecule has 1 aromatic carbocycles. The lowest BCUT2D eigenvalue weighted by atomic mass is 10.1. The van der Waals surface area contributed by atoms with Crippen molar-refractivity contribution in [2.45, 2.75) is 6.61 Å². The van der Waals surface area contributed by atoms with Crippen LogP contribution in [0.3, 0.4) is 0 Å². The first-order chi connectivity index (χ1) is 13.2. The van der Waals surface area contributed by atoms with Gasteiger partial charge in [-0.2, -0.15) is 0 Å². The normalized spacial score (nSPS) is 12.2. The Balaban J connectivity index is 1.29. The highest BCUT2D eigenvalue weighted by Crippen LogP contribution is 2.36. The highest BCUT2D eigenvalue weighted by Gasteiger charge is 2.16. The Bertz CT molecular complexity index is 958. The number of ether oxygens (including phenoxy) is 3. The van der Waals surface area contributed by atoms with E-state index >= 15 is 0 Å². The van der Waals surface area contributed by atoms with E-state index in [1.807, 2.05) is 18.2 Å². The average Bonchev–Trinajstić information content (AvgIpc) is 3.32. The van der Waals surface area contributed by atoms with E-state index in [1.54, 1.807) is 24.4 Å². The maximum Gasteiger partial charge on any atom is 0.251 e. The number of aromatic nitrogens is 2. The summed E-state index contributed by atoms with van der Waals surface area (Å²) >= 11 is 3.28. The number of anilines is 1. The molecule has 0 bridgehead atoms. The molecule has 138 valence electrons. The van der Waals surface area contributed by atoms with Crippen LogP contribution in [-0.4, -0.2) is 29.4 Å². The molecule has 1 amide bonds. The zero-order chi connectivity index (χ0) is 18.6. The van der Waals surface area contributed by atoms with Crippen LogP contribution in [0.5, 0.6) is 11.5 Å². The van der Waals surface area contributed by atoms with Gasteiger partial charge < -0.3 is 24.1 Å². The quantitative estimate of drug-likeness (QED) is 0.638. The van der Waals surface area contributed by atoms with Crippen LogP contribution in [0.4, 0.5) is 5.82 Å². The molecule has 0 saturated carbocycles. The minimum absolute atomic E-state index is 0.121. The Labute approximate surface area is 162 Å². The van der Waals surface area contributed by atoms with Gasteiger partial charge in [0.2, 0.25) is 6.79 Å². The third kappa shape index (κ3) is 4.26. The summed E-state index contributed by atoms with van der Waals surface area (Å²) in [7, 11) is 0. The molecule has 1 aliphatic rings. The molecule has 0 saturated heterocycles. The number of carbonyl (C=O) groups is 1. The molecule has 0 fully saturated rings. The summed E-state index contributed by atoms with van der Waals surface area (Å²) in [5.41, 5.74) is 1.40. The molecule has 9 heteroatoms. The van der Waals surface area contributed by atoms with Gasteiger partial charge in [-0.15, -0.1) is 0 Å². The first kappa shape index (κ1) is 17.5. The average molecular weight is 432 g/mol.